The Hall–Kier alpha value is -1.28. The molecule has 0 radical (unpaired) electrons. The van der Waals surface area contributed by atoms with Crippen molar-refractivity contribution in [2.24, 2.45) is 0 Å². The van der Waals surface area contributed by atoms with Crippen molar-refractivity contribution in [1.29, 1.82) is 0 Å². The van der Waals surface area contributed by atoms with E-state index in [1.54, 1.807) is 17.8 Å². The van der Waals surface area contributed by atoms with Crippen molar-refractivity contribution in [2.45, 2.75) is 70.1 Å². The molecule has 0 nitrogen and oxygen atoms in total. The first-order chi connectivity index (χ1) is 11.8. The minimum Gasteiger partial charge on any atom is -0.207 e. The summed E-state index contributed by atoms with van der Waals surface area (Å²) >= 11 is 1.67. The van der Waals surface area contributed by atoms with Gasteiger partial charge in [-0.3, -0.25) is 0 Å². The minimum absolute atomic E-state index is 0.0732. The molecule has 136 valence electrons. The lowest BCUT2D eigenvalue weighted by Gasteiger charge is -2.20. The highest BCUT2D eigenvalue weighted by Gasteiger charge is 2.16. The van der Waals surface area contributed by atoms with Crippen LogP contribution in [0.4, 0.5) is 4.39 Å². The lowest BCUT2D eigenvalue weighted by molar-refractivity contribution is 0.536. The standard InChI is InChI=1S/C23H31FS/c1-15(2)19-10-9-17(4)21(13-19)16(3)7-8-18(5)22-14-20(25-6)11-12-23(22)24/h9-16,18H,7-8H2,1-6H3. The summed E-state index contributed by atoms with van der Waals surface area (Å²) in [5, 5.41) is 0. The van der Waals surface area contributed by atoms with Gasteiger partial charge in [0.1, 0.15) is 5.82 Å². The van der Waals surface area contributed by atoms with Crippen molar-refractivity contribution in [3.63, 3.8) is 0 Å². The molecule has 0 amide bonds. The fourth-order valence-corrected chi connectivity index (χ4v) is 3.84. The molecule has 2 unspecified atom stereocenters. The molecule has 0 aliphatic heterocycles. The fraction of sp³-hybridized carbons (Fsp3) is 0.478. The van der Waals surface area contributed by atoms with Crippen LogP contribution in [0.2, 0.25) is 0 Å². The highest BCUT2D eigenvalue weighted by Crippen LogP contribution is 2.33. The molecule has 0 fully saturated rings. The molecular formula is C23H31FS. The normalized spacial score (nSPS) is 13.9. The molecule has 0 aliphatic carbocycles. The number of halogens is 1. The third-order valence-electron chi connectivity index (χ3n) is 5.27. The molecule has 0 bridgehead atoms. The third-order valence-corrected chi connectivity index (χ3v) is 5.99. The summed E-state index contributed by atoms with van der Waals surface area (Å²) < 4.78 is 14.2. The first kappa shape index (κ1) is 20.0. The second-order valence-electron chi connectivity index (χ2n) is 7.54. The molecule has 0 saturated carbocycles. The summed E-state index contributed by atoms with van der Waals surface area (Å²) in [5.41, 5.74) is 5.06. The highest BCUT2D eigenvalue weighted by molar-refractivity contribution is 7.98. The summed E-state index contributed by atoms with van der Waals surface area (Å²) in [6, 6.07) is 12.3. The lowest BCUT2D eigenvalue weighted by atomic mass is 9.86. The highest BCUT2D eigenvalue weighted by atomic mass is 32.2. The average Bonchev–Trinajstić information content (AvgIpc) is 2.60. The summed E-state index contributed by atoms with van der Waals surface area (Å²) in [4.78, 5) is 1.14. The van der Waals surface area contributed by atoms with Gasteiger partial charge in [-0.1, -0.05) is 45.9 Å². The predicted octanol–water partition coefficient (Wildman–Crippen LogP) is 7.67. The first-order valence-electron chi connectivity index (χ1n) is 9.27. The molecule has 0 heterocycles. The van der Waals surface area contributed by atoms with Crippen molar-refractivity contribution < 1.29 is 4.39 Å². The zero-order chi connectivity index (χ0) is 18.6. The van der Waals surface area contributed by atoms with Crippen molar-refractivity contribution in [1.82, 2.24) is 0 Å². The fourth-order valence-electron chi connectivity index (χ4n) is 3.39. The Morgan fingerprint density at radius 3 is 2.12 bits per heavy atom. The zero-order valence-electron chi connectivity index (χ0n) is 16.4. The third kappa shape index (κ3) is 5.10. The molecule has 0 saturated heterocycles. The molecule has 0 spiro atoms. The maximum Gasteiger partial charge on any atom is 0.126 e. The summed E-state index contributed by atoms with van der Waals surface area (Å²) in [5.74, 6) is 1.21. The van der Waals surface area contributed by atoms with Crippen LogP contribution in [-0.4, -0.2) is 6.26 Å². The number of rotatable bonds is 7. The van der Waals surface area contributed by atoms with Gasteiger partial charge in [0.2, 0.25) is 0 Å². The van der Waals surface area contributed by atoms with Gasteiger partial charge in [0.25, 0.3) is 0 Å². The van der Waals surface area contributed by atoms with E-state index in [2.05, 4.69) is 52.8 Å². The van der Waals surface area contributed by atoms with Crippen LogP contribution in [0.5, 0.6) is 0 Å². The second kappa shape index (κ2) is 8.89. The molecule has 0 aromatic heterocycles. The molecule has 0 aliphatic rings. The van der Waals surface area contributed by atoms with Crippen LogP contribution in [0.3, 0.4) is 0 Å². The SMILES string of the molecule is CSc1ccc(F)c(C(C)CCC(C)c2cc(C(C)C)ccc2C)c1. The van der Waals surface area contributed by atoms with Crippen LogP contribution in [0, 0.1) is 12.7 Å². The number of benzene rings is 2. The number of hydrogen-bond donors (Lipinski definition) is 0. The van der Waals surface area contributed by atoms with Crippen LogP contribution < -0.4 is 0 Å². The molecular weight excluding hydrogens is 327 g/mol. The van der Waals surface area contributed by atoms with Gasteiger partial charge in [-0.15, -0.1) is 11.8 Å². The zero-order valence-corrected chi connectivity index (χ0v) is 17.2. The van der Waals surface area contributed by atoms with E-state index in [1.165, 1.54) is 16.7 Å². The first-order valence-corrected chi connectivity index (χ1v) is 10.5. The van der Waals surface area contributed by atoms with Crippen molar-refractivity contribution in [3.05, 3.63) is 64.5 Å². The van der Waals surface area contributed by atoms with Gasteiger partial charge in [-0.05, 0) is 84.2 Å². The van der Waals surface area contributed by atoms with Gasteiger partial charge < -0.3 is 0 Å². The number of thioether (sulfide) groups is 1. The Labute approximate surface area is 157 Å². The summed E-state index contributed by atoms with van der Waals surface area (Å²) in [6.45, 7) is 11.1. The van der Waals surface area contributed by atoms with Gasteiger partial charge in [0, 0.05) is 4.90 Å². The quantitative estimate of drug-likeness (QED) is 0.458. The van der Waals surface area contributed by atoms with Crippen LogP contribution in [-0.2, 0) is 0 Å². The Bertz CT molecular complexity index is 705. The Morgan fingerprint density at radius 1 is 0.880 bits per heavy atom. The van der Waals surface area contributed by atoms with Crippen molar-refractivity contribution in [2.75, 3.05) is 6.26 Å². The maximum atomic E-state index is 14.2. The van der Waals surface area contributed by atoms with E-state index in [9.17, 15) is 4.39 Å². The largest absolute Gasteiger partial charge is 0.207 e. The van der Waals surface area contributed by atoms with E-state index >= 15 is 0 Å². The van der Waals surface area contributed by atoms with Crippen molar-refractivity contribution in [3.8, 4) is 0 Å². The average molecular weight is 359 g/mol. The van der Waals surface area contributed by atoms with Crippen molar-refractivity contribution >= 4 is 11.8 Å². The second-order valence-corrected chi connectivity index (χ2v) is 8.42. The van der Waals surface area contributed by atoms with Crippen LogP contribution in [0.15, 0.2) is 41.3 Å². The molecule has 2 aromatic rings. The van der Waals surface area contributed by atoms with E-state index in [1.807, 2.05) is 18.4 Å². The van der Waals surface area contributed by atoms with Crippen LogP contribution in [0.25, 0.3) is 0 Å². The van der Waals surface area contributed by atoms with E-state index < -0.39 is 0 Å². The Kier molecular flexibility index (Phi) is 7.13. The predicted molar refractivity (Wildman–Crippen MR) is 110 cm³/mol. The van der Waals surface area contributed by atoms with Gasteiger partial charge in [0.05, 0.1) is 0 Å². The van der Waals surface area contributed by atoms with E-state index in [0.717, 1.165) is 23.3 Å². The Balaban J connectivity index is 2.09. The summed E-state index contributed by atoms with van der Waals surface area (Å²) in [6.07, 6.45) is 4.11. The summed E-state index contributed by atoms with van der Waals surface area (Å²) in [7, 11) is 0. The topological polar surface area (TPSA) is 0 Å². The monoisotopic (exact) mass is 358 g/mol. The van der Waals surface area contributed by atoms with Gasteiger partial charge in [-0.2, -0.15) is 0 Å². The molecule has 2 rings (SSSR count). The smallest absolute Gasteiger partial charge is 0.126 e. The van der Waals surface area contributed by atoms with E-state index in [-0.39, 0.29) is 11.7 Å². The van der Waals surface area contributed by atoms with Crippen LogP contribution in [0.1, 0.15) is 80.5 Å². The molecule has 0 N–H and O–H groups in total. The van der Waals surface area contributed by atoms with Gasteiger partial charge >= 0.3 is 0 Å². The maximum absolute atomic E-state index is 14.2. The lowest BCUT2D eigenvalue weighted by Crippen LogP contribution is -2.03. The number of aryl methyl sites for hydroxylation is 1. The molecule has 2 heteroatoms. The number of hydrogen-bond acceptors (Lipinski definition) is 1. The van der Waals surface area contributed by atoms with E-state index in [4.69, 9.17) is 0 Å². The van der Waals surface area contributed by atoms with Gasteiger partial charge in [0.15, 0.2) is 0 Å². The van der Waals surface area contributed by atoms with Gasteiger partial charge in [-0.25, -0.2) is 4.39 Å². The van der Waals surface area contributed by atoms with Crippen LogP contribution >= 0.6 is 11.8 Å². The molecule has 2 aromatic carbocycles. The van der Waals surface area contributed by atoms with E-state index in [0.29, 0.717) is 11.8 Å². The molecule has 2 atom stereocenters. The molecule has 25 heavy (non-hydrogen) atoms. The minimum atomic E-state index is -0.0732. The Morgan fingerprint density at radius 2 is 1.52 bits per heavy atom.